The van der Waals surface area contributed by atoms with Gasteiger partial charge in [-0.3, -0.25) is 4.79 Å². The smallest absolute Gasteiger partial charge is 0.337 e. The summed E-state index contributed by atoms with van der Waals surface area (Å²) in [4.78, 5) is 24.4. The Morgan fingerprint density at radius 1 is 0.969 bits per heavy atom. The lowest BCUT2D eigenvalue weighted by Gasteiger charge is -2.12. The summed E-state index contributed by atoms with van der Waals surface area (Å²) in [6, 6.07) is 17.9. The summed E-state index contributed by atoms with van der Waals surface area (Å²) in [5.74, 6) is 1.45. The molecule has 0 aliphatic carbocycles. The van der Waals surface area contributed by atoms with E-state index in [9.17, 15) is 9.59 Å². The molecule has 162 valence electrons. The number of ketones is 1. The summed E-state index contributed by atoms with van der Waals surface area (Å²) in [7, 11) is 2.93. The number of fused-ring (bicyclic) bond motifs is 1. The molecule has 0 radical (unpaired) electrons. The zero-order valence-corrected chi connectivity index (χ0v) is 18.0. The van der Waals surface area contributed by atoms with Crippen molar-refractivity contribution in [2.45, 2.75) is 13.5 Å². The van der Waals surface area contributed by atoms with Gasteiger partial charge in [0.1, 0.15) is 23.9 Å². The summed E-state index contributed by atoms with van der Waals surface area (Å²) in [5, 5.41) is 0. The summed E-state index contributed by atoms with van der Waals surface area (Å²) in [6.45, 7) is 2.16. The molecule has 0 spiro atoms. The second-order valence-electron chi connectivity index (χ2n) is 7.22. The zero-order chi connectivity index (χ0) is 22.7. The van der Waals surface area contributed by atoms with Crippen LogP contribution in [0, 0.1) is 6.92 Å². The van der Waals surface area contributed by atoms with E-state index < -0.39 is 0 Å². The Hall–Kier alpha value is -4.06. The molecule has 1 heterocycles. The van der Waals surface area contributed by atoms with E-state index >= 15 is 0 Å². The van der Waals surface area contributed by atoms with Crippen LogP contribution < -0.4 is 14.2 Å². The highest BCUT2D eigenvalue weighted by atomic mass is 16.5. The van der Waals surface area contributed by atoms with Crippen molar-refractivity contribution in [2.75, 3.05) is 14.2 Å². The van der Waals surface area contributed by atoms with Gasteiger partial charge in [0, 0.05) is 11.1 Å². The van der Waals surface area contributed by atoms with Crippen molar-refractivity contribution in [2.24, 2.45) is 0 Å². The number of allylic oxidation sites excluding steroid dienone is 1. The van der Waals surface area contributed by atoms with E-state index in [4.69, 9.17) is 18.9 Å². The molecule has 0 aromatic heterocycles. The van der Waals surface area contributed by atoms with Crippen molar-refractivity contribution in [1.29, 1.82) is 0 Å². The van der Waals surface area contributed by atoms with Crippen LogP contribution >= 0.6 is 0 Å². The van der Waals surface area contributed by atoms with Gasteiger partial charge >= 0.3 is 5.97 Å². The fraction of sp³-hybridized carbons (Fsp3) is 0.154. The average molecular weight is 430 g/mol. The lowest BCUT2D eigenvalue weighted by atomic mass is 10.1. The van der Waals surface area contributed by atoms with Gasteiger partial charge in [-0.1, -0.05) is 30.3 Å². The predicted molar refractivity (Wildman–Crippen MR) is 119 cm³/mol. The minimum Gasteiger partial charge on any atom is -0.496 e. The van der Waals surface area contributed by atoms with Gasteiger partial charge in [0.15, 0.2) is 5.76 Å². The highest BCUT2D eigenvalue weighted by Gasteiger charge is 2.30. The quantitative estimate of drug-likeness (QED) is 0.406. The van der Waals surface area contributed by atoms with Crippen LogP contribution in [-0.4, -0.2) is 26.0 Å². The fourth-order valence-corrected chi connectivity index (χ4v) is 3.47. The molecule has 0 amide bonds. The Labute approximate surface area is 186 Å². The topological polar surface area (TPSA) is 71.1 Å². The molecule has 6 nitrogen and oxygen atoms in total. The first-order chi connectivity index (χ1) is 15.5. The van der Waals surface area contributed by atoms with Gasteiger partial charge in [0.2, 0.25) is 5.78 Å². The number of methoxy groups -OCH3 is 2. The summed E-state index contributed by atoms with van der Waals surface area (Å²) in [6.07, 6.45) is 1.68. The van der Waals surface area contributed by atoms with E-state index in [1.54, 1.807) is 37.5 Å². The second kappa shape index (κ2) is 8.98. The highest BCUT2D eigenvalue weighted by molar-refractivity contribution is 6.15. The third-order valence-corrected chi connectivity index (χ3v) is 5.23. The van der Waals surface area contributed by atoms with E-state index in [2.05, 4.69) is 0 Å². The number of carbonyl (C=O) groups is 2. The monoisotopic (exact) mass is 430 g/mol. The van der Waals surface area contributed by atoms with E-state index in [0.717, 1.165) is 16.7 Å². The van der Waals surface area contributed by atoms with E-state index in [-0.39, 0.29) is 17.5 Å². The van der Waals surface area contributed by atoms with Crippen LogP contribution in [0.3, 0.4) is 0 Å². The number of Topliss-reactive ketones (excluding diaryl/α,β-unsaturated/α-hetero) is 1. The molecule has 6 heteroatoms. The molecular formula is C26H22O6. The third kappa shape index (κ3) is 4.07. The molecular weight excluding hydrogens is 408 g/mol. The molecule has 0 bridgehead atoms. The molecule has 0 N–H and O–H groups in total. The lowest BCUT2D eigenvalue weighted by molar-refractivity contribution is 0.0600. The average Bonchev–Trinajstić information content (AvgIpc) is 3.15. The van der Waals surface area contributed by atoms with Crippen LogP contribution in [0.25, 0.3) is 6.08 Å². The Bertz CT molecular complexity index is 1210. The van der Waals surface area contributed by atoms with Crippen LogP contribution in [0.4, 0.5) is 0 Å². The molecule has 1 aliphatic rings. The van der Waals surface area contributed by atoms with Crippen molar-refractivity contribution in [3.05, 3.63) is 94.2 Å². The van der Waals surface area contributed by atoms with Crippen molar-refractivity contribution < 1.29 is 28.5 Å². The van der Waals surface area contributed by atoms with Gasteiger partial charge in [0.25, 0.3) is 0 Å². The maximum absolute atomic E-state index is 12.8. The Morgan fingerprint density at radius 3 is 2.44 bits per heavy atom. The standard InChI is InChI=1S/C26H22O6/c1-16-21(31-15-17-8-10-18(11-9-17)26(28)30-3)13-12-20-24(27)23(32-25(16)20)14-19-6-4-5-7-22(19)29-2/h4-14H,15H2,1-3H3/b23-14-. The Balaban J connectivity index is 1.52. The van der Waals surface area contributed by atoms with Crippen LogP contribution in [0.1, 0.15) is 37.4 Å². The van der Waals surface area contributed by atoms with E-state index in [1.807, 2.05) is 43.3 Å². The number of hydrogen-bond acceptors (Lipinski definition) is 6. The minimum absolute atomic E-state index is 0.182. The minimum atomic E-state index is -0.384. The van der Waals surface area contributed by atoms with E-state index in [1.165, 1.54) is 7.11 Å². The van der Waals surface area contributed by atoms with Crippen molar-refractivity contribution in [3.63, 3.8) is 0 Å². The number of rotatable bonds is 6. The van der Waals surface area contributed by atoms with Gasteiger partial charge < -0.3 is 18.9 Å². The van der Waals surface area contributed by atoms with Crippen LogP contribution in [0.2, 0.25) is 0 Å². The number of para-hydroxylation sites is 1. The molecule has 0 saturated carbocycles. The molecule has 32 heavy (non-hydrogen) atoms. The number of ether oxygens (including phenoxy) is 4. The predicted octanol–water partition coefficient (Wildman–Crippen LogP) is 4.99. The van der Waals surface area contributed by atoms with Gasteiger partial charge in [-0.05, 0) is 48.9 Å². The highest BCUT2D eigenvalue weighted by Crippen LogP contribution is 2.40. The molecule has 0 saturated heterocycles. The van der Waals surface area contributed by atoms with Gasteiger partial charge in [-0.2, -0.15) is 0 Å². The first-order valence-electron chi connectivity index (χ1n) is 10.0. The molecule has 3 aromatic rings. The van der Waals surface area contributed by atoms with Crippen molar-refractivity contribution in [1.82, 2.24) is 0 Å². The van der Waals surface area contributed by atoms with Crippen LogP contribution in [-0.2, 0) is 11.3 Å². The molecule has 4 rings (SSSR count). The zero-order valence-electron chi connectivity index (χ0n) is 18.0. The Kier molecular flexibility index (Phi) is 5.94. The normalized spacial score (nSPS) is 13.5. The number of carbonyl (C=O) groups excluding carboxylic acids is 2. The van der Waals surface area contributed by atoms with Crippen molar-refractivity contribution >= 4 is 17.8 Å². The number of esters is 1. The fourth-order valence-electron chi connectivity index (χ4n) is 3.47. The molecule has 0 atom stereocenters. The van der Waals surface area contributed by atoms with Gasteiger partial charge in [-0.25, -0.2) is 4.79 Å². The summed E-state index contributed by atoms with van der Waals surface area (Å²) < 4.78 is 21.9. The first-order valence-corrected chi connectivity index (χ1v) is 10.0. The second-order valence-corrected chi connectivity index (χ2v) is 7.22. The molecule has 0 fully saturated rings. The van der Waals surface area contributed by atoms with Crippen LogP contribution in [0.15, 0.2) is 66.4 Å². The van der Waals surface area contributed by atoms with Gasteiger partial charge in [0.05, 0.1) is 25.3 Å². The molecule has 0 unspecified atom stereocenters. The SMILES string of the molecule is COC(=O)c1ccc(COc2ccc3c(c2C)O/C(=C\c2ccccc2OC)C3=O)cc1. The maximum Gasteiger partial charge on any atom is 0.337 e. The van der Waals surface area contributed by atoms with E-state index in [0.29, 0.717) is 35.0 Å². The van der Waals surface area contributed by atoms with Crippen LogP contribution in [0.5, 0.6) is 17.2 Å². The lowest BCUT2D eigenvalue weighted by Crippen LogP contribution is -2.02. The first kappa shape index (κ1) is 21.2. The number of benzene rings is 3. The van der Waals surface area contributed by atoms with Crippen molar-refractivity contribution in [3.8, 4) is 17.2 Å². The van der Waals surface area contributed by atoms with Gasteiger partial charge in [-0.15, -0.1) is 0 Å². The third-order valence-electron chi connectivity index (χ3n) is 5.23. The number of hydrogen-bond donors (Lipinski definition) is 0. The summed E-state index contributed by atoms with van der Waals surface area (Å²) >= 11 is 0. The Morgan fingerprint density at radius 2 is 1.72 bits per heavy atom. The largest absolute Gasteiger partial charge is 0.496 e. The maximum atomic E-state index is 12.8. The molecule has 3 aromatic carbocycles. The summed E-state index contributed by atoms with van der Waals surface area (Å²) in [5.41, 5.74) is 3.37. The molecule has 1 aliphatic heterocycles.